The summed E-state index contributed by atoms with van der Waals surface area (Å²) < 4.78 is 0. The van der Waals surface area contributed by atoms with E-state index in [1.165, 1.54) is 18.5 Å². The van der Waals surface area contributed by atoms with Crippen molar-refractivity contribution in [1.82, 2.24) is 4.90 Å². The molecule has 0 aliphatic carbocycles. The lowest BCUT2D eigenvalue weighted by atomic mass is 10.0. The van der Waals surface area contributed by atoms with Gasteiger partial charge in [-0.15, -0.1) is 11.3 Å². The van der Waals surface area contributed by atoms with Crippen molar-refractivity contribution in [1.29, 1.82) is 0 Å². The van der Waals surface area contributed by atoms with Gasteiger partial charge in [-0.05, 0) is 42.3 Å². The number of fused-ring (bicyclic) bond motifs is 1. The van der Waals surface area contributed by atoms with Crippen LogP contribution >= 0.6 is 11.3 Å². The molecule has 1 aromatic heterocycles. The number of thiophene rings is 1. The molecule has 0 saturated heterocycles. The van der Waals surface area contributed by atoms with Gasteiger partial charge >= 0.3 is 0 Å². The topological polar surface area (TPSA) is 29.3 Å². The summed E-state index contributed by atoms with van der Waals surface area (Å²) in [5.41, 5.74) is 7.62. The third-order valence-corrected chi connectivity index (χ3v) is 4.54. The zero-order valence-electron chi connectivity index (χ0n) is 10.3. The van der Waals surface area contributed by atoms with Crippen LogP contribution in [0.15, 0.2) is 11.4 Å². The Hall–Kier alpha value is -0.380. The fourth-order valence-corrected chi connectivity index (χ4v) is 3.05. The highest BCUT2D eigenvalue weighted by Crippen LogP contribution is 2.24. The maximum atomic E-state index is 6.08. The second-order valence-corrected chi connectivity index (χ2v) is 6.09. The Kier molecular flexibility index (Phi) is 4.00. The van der Waals surface area contributed by atoms with Crippen LogP contribution in [0.1, 0.15) is 30.7 Å². The molecule has 2 heterocycles. The molecule has 1 aliphatic heterocycles. The third kappa shape index (κ3) is 2.84. The standard InChI is InChI=1S/C13H22N2S/c1-10(2)12(14)3-6-15-7-4-13-11(9-15)5-8-16-13/h5,8,10,12H,3-4,6-7,9,14H2,1-2H3. The lowest BCUT2D eigenvalue weighted by Gasteiger charge is -2.28. The van der Waals surface area contributed by atoms with E-state index in [0.29, 0.717) is 12.0 Å². The van der Waals surface area contributed by atoms with Crippen LogP contribution < -0.4 is 5.73 Å². The van der Waals surface area contributed by atoms with Crippen molar-refractivity contribution in [2.75, 3.05) is 13.1 Å². The van der Waals surface area contributed by atoms with Crippen molar-refractivity contribution in [2.45, 2.75) is 39.3 Å². The zero-order chi connectivity index (χ0) is 11.5. The zero-order valence-corrected chi connectivity index (χ0v) is 11.1. The van der Waals surface area contributed by atoms with E-state index in [0.717, 1.165) is 19.5 Å². The molecule has 1 aliphatic rings. The molecule has 0 bridgehead atoms. The van der Waals surface area contributed by atoms with Crippen LogP contribution in [-0.2, 0) is 13.0 Å². The molecule has 16 heavy (non-hydrogen) atoms. The molecule has 2 rings (SSSR count). The van der Waals surface area contributed by atoms with Gasteiger partial charge in [0.2, 0.25) is 0 Å². The van der Waals surface area contributed by atoms with Crippen molar-refractivity contribution < 1.29 is 0 Å². The average molecular weight is 238 g/mol. The van der Waals surface area contributed by atoms with Crippen molar-refractivity contribution in [3.05, 3.63) is 21.9 Å². The van der Waals surface area contributed by atoms with E-state index < -0.39 is 0 Å². The van der Waals surface area contributed by atoms with Crippen LogP contribution in [0.2, 0.25) is 0 Å². The minimum Gasteiger partial charge on any atom is -0.327 e. The monoisotopic (exact) mass is 238 g/mol. The summed E-state index contributed by atoms with van der Waals surface area (Å²) in [6.07, 6.45) is 2.35. The summed E-state index contributed by atoms with van der Waals surface area (Å²) in [6.45, 7) is 7.90. The molecule has 0 spiro atoms. The Labute approximate surface area is 102 Å². The maximum absolute atomic E-state index is 6.08. The van der Waals surface area contributed by atoms with Crippen molar-refractivity contribution in [3.63, 3.8) is 0 Å². The predicted octanol–water partition coefficient (Wildman–Crippen LogP) is 2.48. The number of nitrogens with zero attached hydrogens (tertiary/aromatic N) is 1. The number of nitrogens with two attached hydrogens (primary N) is 1. The van der Waals surface area contributed by atoms with E-state index in [1.54, 1.807) is 4.88 Å². The Morgan fingerprint density at radius 3 is 3.06 bits per heavy atom. The maximum Gasteiger partial charge on any atom is 0.0244 e. The molecule has 0 fully saturated rings. The predicted molar refractivity (Wildman–Crippen MR) is 70.7 cm³/mol. The Morgan fingerprint density at radius 2 is 2.31 bits per heavy atom. The largest absolute Gasteiger partial charge is 0.327 e. The smallest absolute Gasteiger partial charge is 0.0244 e. The van der Waals surface area contributed by atoms with Crippen LogP contribution in [0.4, 0.5) is 0 Å². The van der Waals surface area contributed by atoms with Gasteiger partial charge in [0, 0.05) is 24.0 Å². The first-order valence-corrected chi connectivity index (χ1v) is 7.08. The average Bonchev–Trinajstić information content (AvgIpc) is 2.72. The Bertz CT molecular complexity index is 332. The van der Waals surface area contributed by atoms with E-state index in [1.807, 2.05) is 11.3 Å². The fraction of sp³-hybridized carbons (Fsp3) is 0.692. The number of hydrogen-bond donors (Lipinski definition) is 1. The summed E-state index contributed by atoms with van der Waals surface area (Å²) in [5.74, 6) is 0.599. The van der Waals surface area contributed by atoms with Gasteiger partial charge in [-0.3, -0.25) is 4.90 Å². The van der Waals surface area contributed by atoms with Gasteiger partial charge in [0.1, 0.15) is 0 Å². The van der Waals surface area contributed by atoms with E-state index in [4.69, 9.17) is 5.73 Å². The minimum absolute atomic E-state index is 0.351. The highest BCUT2D eigenvalue weighted by atomic mass is 32.1. The highest BCUT2D eigenvalue weighted by Gasteiger charge is 2.18. The second-order valence-electron chi connectivity index (χ2n) is 5.09. The summed E-state index contributed by atoms with van der Waals surface area (Å²) in [5, 5.41) is 2.22. The van der Waals surface area contributed by atoms with E-state index in [9.17, 15) is 0 Å². The normalized spacial score (nSPS) is 18.8. The van der Waals surface area contributed by atoms with Crippen LogP contribution in [0.3, 0.4) is 0 Å². The van der Waals surface area contributed by atoms with Gasteiger partial charge in [0.05, 0.1) is 0 Å². The molecule has 1 aromatic rings. The van der Waals surface area contributed by atoms with E-state index >= 15 is 0 Å². The molecule has 0 aromatic carbocycles. The Morgan fingerprint density at radius 1 is 1.50 bits per heavy atom. The second kappa shape index (κ2) is 5.30. The highest BCUT2D eigenvalue weighted by molar-refractivity contribution is 7.10. The van der Waals surface area contributed by atoms with Gasteiger partial charge in [0.15, 0.2) is 0 Å². The summed E-state index contributed by atoms with van der Waals surface area (Å²) in [4.78, 5) is 4.13. The van der Waals surface area contributed by atoms with E-state index in [-0.39, 0.29) is 0 Å². The van der Waals surface area contributed by atoms with Gasteiger partial charge in [-0.25, -0.2) is 0 Å². The van der Waals surface area contributed by atoms with Crippen molar-refractivity contribution in [3.8, 4) is 0 Å². The molecule has 2 nitrogen and oxygen atoms in total. The lowest BCUT2D eigenvalue weighted by molar-refractivity contribution is 0.238. The SMILES string of the molecule is CC(C)C(N)CCN1CCc2sccc2C1. The third-order valence-electron chi connectivity index (χ3n) is 3.52. The van der Waals surface area contributed by atoms with E-state index in [2.05, 4.69) is 30.2 Å². The molecular weight excluding hydrogens is 216 g/mol. The first kappa shape index (κ1) is 12.1. The molecule has 1 atom stereocenters. The summed E-state index contributed by atoms with van der Waals surface area (Å²) >= 11 is 1.91. The van der Waals surface area contributed by atoms with Crippen LogP contribution in [0.5, 0.6) is 0 Å². The van der Waals surface area contributed by atoms with Gasteiger partial charge < -0.3 is 5.73 Å². The van der Waals surface area contributed by atoms with Crippen molar-refractivity contribution >= 4 is 11.3 Å². The molecule has 1 unspecified atom stereocenters. The molecule has 0 saturated carbocycles. The summed E-state index contributed by atoms with van der Waals surface area (Å²) in [6, 6.07) is 2.62. The molecule has 2 N–H and O–H groups in total. The first-order chi connectivity index (χ1) is 7.66. The lowest BCUT2D eigenvalue weighted by Crippen LogP contribution is -2.35. The van der Waals surface area contributed by atoms with Crippen LogP contribution in [0.25, 0.3) is 0 Å². The van der Waals surface area contributed by atoms with Gasteiger partial charge in [0.25, 0.3) is 0 Å². The molecule has 0 amide bonds. The molecule has 0 radical (unpaired) electrons. The molecular formula is C13H22N2S. The Balaban J connectivity index is 1.81. The molecule has 90 valence electrons. The fourth-order valence-electron chi connectivity index (χ4n) is 2.16. The quantitative estimate of drug-likeness (QED) is 0.873. The number of rotatable bonds is 4. The van der Waals surface area contributed by atoms with Crippen LogP contribution in [-0.4, -0.2) is 24.0 Å². The summed E-state index contributed by atoms with van der Waals surface area (Å²) in [7, 11) is 0. The number of hydrogen-bond acceptors (Lipinski definition) is 3. The van der Waals surface area contributed by atoms with Crippen LogP contribution in [0, 0.1) is 5.92 Å². The minimum atomic E-state index is 0.351. The first-order valence-electron chi connectivity index (χ1n) is 6.20. The van der Waals surface area contributed by atoms with Gasteiger partial charge in [-0.1, -0.05) is 13.8 Å². The molecule has 3 heteroatoms. The van der Waals surface area contributed by atoms with Gasteiger partial charge in [-0.2, -0.15) is 0 Å². The van der Waals surface area contributed by atoms with Crippen molar-refractivity contribution in [2.24, 2.45) is 11.7 Å².